The molecule has 1 aliphatic carbocycles. The van der Waals surface area contributed by atoms with Crippen LogP contribution in [0.5, 0.6) is 0 Å². The first kappa shape index (κ1) is 14.3. The molecule has 1 aromatic rings. The topological polar surface area (TPSA) is 37.3 Å². The number of hydrogen-bond acceptors (Lipinski definition) is 2. The summed E-state index contributed by atoms with van der Waals surface area (Å²) in [6.45, 7) is 0. The number of benzene rings is 1. The van der Waals surface area contributed by atoms with Gasteiger partial charge in [-0.2, -0.15) is 0 Å². The maximum Gasteiger partial charge on any atom is 0.307 e. The van der Waals surface area contributed by atoms with E-state index in [0.29, 0.717) is 6.42 Å². The Kier molecular flexibility index (Phi) is 4.80. The number of carbonyl (C=O) groups is 1. The van der Waals surface area contributed by atoms with Crippen molar-refractivity contribution in [1.82, 2.24) is 0 Å². The van der Waals surface area contributed by atoms with Crippen LogP contribution >= 0.6 is 11.8 Å². The Balaban J connectivity index is 2.18. The largest absolute Gasteiger partial charge is 0.481 e. The molecule has 1 N–H and O–H groups in total. The van der Waals surface area contributed by atoms with Crippen molar-refractivity contribution in [2.45, 2.75) is 42.2 Å². The highest BCUT2D eigenvalue weighted by Crippen LogP contribution is 2.37. The van der Waals surface area contributed by atoms with E-state index in [-0.39, 0.29) is 10.1 Å². The van der Waals surface area contributed by atoms with E-state index < -0.39 is 23.5 Å². The van der Waals surface area contributed by atoms with E-state index in [1.54, 1.807) is 0 Å². The third kappa shape index (κ3) is 3.69. The van der Waals surface area contributed by atoms with Crippen molar-refractivity contribution in [3.8, 4) is 0 Å². The van der Waals surface area contributed by atoms with Gasteiger partial charge in [0.2, 0.25) is 0 Å². The van der Waals surface area contributed by atoms with Crippen LogP contribution in [0.4, 0.5) is 8.78 Å². The van der Waals surface area contributed by atoms with E-state index >= 15 is 0 Å². The van der Waals surface area contributed by atoms with Crippen LogP contribution in [0.1, 0.15) is 32.1 Å². The monoisotopic (exact) mass is 286 g/mol. The van der Waals surface area contributed by atoms with Gasteiger partial charge in [0, 0.05) is 10.1 Å². The number of halogens is 2. The third-order valence-electron chi connectivity index (χ3n) is 3.44. The lowest BCUT2D eigenvalue weighted by Crippen LogP contribution is -2.24. The van der Waals surface area contributed by atoms with Crippen molar-refractivity contribution in [2.75, 3.05) is 0 Å². The number of thioether (sulfide) groups is 1. The van der Waals surface area contributed by atoms with Gasteiger partial charge in [-0.3, -0.25) is 4.79 Å². The fourth-order valence-corrected chi connectivity index (χ4v) is 3.82. The zero-order valence-corrected chi connectivity index (χ0v) is 11.3. The lowest BCUT2D eigenvalue weighted by molar-refractivity contribution is -0.141. The van der Waals surface area contributed by atoms with Crippen LogP contribution in [0.2, 0.25) is 0 Å². The van der Waals surface area contributed by atoms with Crippen LogP contribution in [0.25, 0.3) is 0 Å². The number of aliphatic carboxylic acids is 1. The summed E-state index contributed by atoms with van der Waals surface area (Å²) >= 11 is 1.16. The molecule has 2 rings (SSSR count). The van der Waals surface area contributed by atoms with E-state index in [9.17, 15) is 18.7 Å². The number of carboxylic acids is 1. The van der Waals surface area contributed by atoms with Crippen LogP contribution in [-0.4, -0.2) is 16.3 Å². The van der Waals surface area contributed by atoms with Gasteiger partial charge < -0.3 is 5.11 Å². The molecule has 104 valence electrons. The van der Waals surface area contributed by atoms with Gasteiger partial charge in [-0.05, 0) is 31.0 Å². The molecule has 2 atom stereocenters. The highest BCUT2D eigenvalue weighted by atomic mass is 32.2. The van der Waals surface area contributed by atoms with Gasteiger partial charge >= 0.3 is 5.97 Å². The third-order valence-corrected chi connectivity index (χ3v) is 4.88. The summed E-state index contributed by atoms with van der Waals surface area (Å²) in [6, 6.07) is 3.30. The molecule has 1 fully saturated rings. The Bertz CT molecular complexity index is 465. The van der Waals surface area contributed by atoms with Gasteiger partial charge in [0.05, 0.1) is 5.92 Å². The smallest absolute Gasteiger partial charge is 0.307 e. The van der Waals surface area contributed by atoms with Crippen LogP contribution < -0.4 is 0 Å². The molecule has 0 aliphatic heterocycles. The molecule has 5 heteroatoms. The van der Waals surface area contributed by atoms with Crippen LogP contribution in [0, 0.1) is 17.6 Å². The number of rotatable bonds is 3. The molecule has 0 amide bonds. The van der Waals surface area contributed by atoms with Crippen molar-refractivity contribution in [1.29, 1.82) is 0 Å². The molecule has 2 nitrogen and oxygen atoms in total. The lowest BCUT2D eigenvalue weighted by Gasteiger charge is -2.21. The lowest BCUT2D eigenvalue weighted by atomic mass is 10.0. The molecule has 2 unspecified atom stereocenters. The van der Waals surface area contributed by atoms with E-state index in [1.165, 1.54) is 0 Å². The van der Waals surface area contributed by atoms with Crippen molar-refractivity contribution in [3.63, 3.8) is 0 Å². The van der Waals surface area contributed by atoms with Crippen LogP contribution in [0.3, 0.4) is 0 Å². The highest BCUT2D eigenvalue weighted by Gasteiger charge is 2.30. The van der Waals surface area contributed by atoms with Crippen molar-refractivity contribution in [3.05, 3.63) is 29.8 Å². The van der Waals surface area contributed by atoms with Crippen LogP contribution in [-0.2, 0) is 4.79 Å². The quantitative estimate of drug-likeness (QED) is 0.850. The van der Waals surface area contributed by atoms with E-state index in [1.807, 2.05) is 0 Å². The second-order valence-electron chi connectivity index (χ2n) is 4.81. The average molecular weight is 286 g/mol. The molecule has 0 spiro atoms. The second kappa shape index (κ2) is 6.37. The first-order valence-electron chi connectivity index (χ1n) is 6.42. The summed E-state index contributed by atoms with van der Waals surface area (Å²) in [4.78, 5) is 11.5. The molecule has 0 radical (unpaired) electrons. The number of hydrogen-bond donors (Lipinski definition) is 1. The molecule has 19 heavy (non-hydrogen) atoms. The van der Waals surface area contributed by atoms with Gasteiger partial charge in [0.15, 0.2) is 0 Å². The zero-order chi connectivity index (χ0) is 13.8. The van der Waals surface area contributed by atoms with E-state index in [0.717, 1.165) is 55.6 Å². The molecular weight excluding hydrogens is 270 g/mol. The maximum absolute atomic E-state index is 13.6. The Morgan fingerprint density at radius 1 is 1.21 bits per heavy atom. The fourth-order valence-electron chi connectivity index (χ4n) is 2.43. The predicted molar refractivity (Wildman–Crippen MR) is 70.2 cm³/mol. The van der Waals surface area contributed by atoms with Crippen molar-refractivity contribution < 1.29 is 18.7 Å². The molecule has 0 heterocycles. The first-order chi connectivity index (χ1) is 9.08. The normalized spacial score (nSPS) is 23.9. The fraction of sp³-hybridized carbons (Fsp3) is 0.500. The molecule has 0 saturated heterocycles. The minimum Gasteiger partial charge on any atom is -0.481 e. The Morgan fingerprint density at radius 3 is 2.68 bits per heavy atom. The van der Waals surface area contributed by atoms with Gasteiger partial charge in [0.1, 0.15) is 11.6 Å². The van der Waals surface area contributed by atoms with E-state index in [2.05, 4.69) is 0 Å². The summed E-state index contributed by atoms with van der Waals surface area (Å²) < 4.78 is 26.8. The molecule has 1 aliphatic rings. The van der Waals surface area contributed by atoms with Crippen LogP contribution in [0.15, 0.2) is 23.1 Å². The molecular formula is C14H16F2O2S. The highest BCUT2D eigenvalue weighted by molar-refractivity contribution is 8.00. The Hall–Kier alpha value is -1.10. The number of carboxylic acid groups (broad SMARTS) is 1. The second-order valence-corrected chi connectivity index (χ2v) is 6.09. The molecule has 1 saturated carbocycles. The Morgan fingerprint density at radius 2 is 1.95 bits per heavy atom. The minimum atomic E-state index is -0.837. The summed E-state index contributed by atoms with van der Waals surface area (Å²) in [5.41, 5.74) is 0. The molecule has 0 aromatic heterocycles. The van der Waals surface area contributed by atoms with Gasteiger partial charge in [-0.25, -0.2) is 8.78 Å². The maximum atomic E-state index is 13.6. The van der Waals surface area contributed by atoms with E-state index in [4.69, 9.17) is 0 Å². The predicted octanol–water partition coefficient (Wildman–Crippen LogP) is 4.09. The zero-order valence-electron chi connectivity index (χ0n) is 10.4. The average Bonchev–Trinajstić information content (AvgIpc) is 2.59. The Labute approximate surface area is 115 Å². The van der Waals surface area contributed by atoms with Gasteiger partial charge in [-0.1, -0.05) is 19.3 Å². The summed E-state index contributed by atoms with van der Waals surface area (Å²) in [5.74, 6) is -2.30. The van der Waals surface area contributed by atoms with Crippen molar-refractivity contribution in [2.24, 2.45) is 5.92 Å². The summed E-state index contributed by atoms with van der Waals surface area (Å²) in [5, 5.41) is 9.07. The van der Waals surface area contributed by atoms with Gasteiger partial charge in [-0.15, -0.1) is 11.8 Å². The first-order valence-corrected chi connectivity index (χ1v) is 7.30. The summed E-state index contributed by atoms with van der Waals surface area (Å²) in [7, 11) is 0. The van der Waals surface area contributed by atoms with Crippen molar-refractivity contribution >= 4 is 17.7 Å². The minimum absolute atomic E-state index is 0.184. The molecule has 1 aromatic carbocycles. The summed E-state index contributed by atoms with van der Waals surface area (Å²) in [6.07, 6.45) is 4.19. The standard InChI is InChI=1S/C14H16F2O2S/c15-9-6-7-11(16)13(8-9)19-12-5-3-1-2-4-10(12)14(17)18/h6-8,10,12H,1-5H2,(H,17,18). The SMILES string of the molecule is O=C(O)C1CCCCCC1Sc1cc(F)ccc1F. The van der Waals surface area contributed by atoms with Gasteiger partial charge in [0.25, 0.3) is 0 Å². The molecule has 0 bridgehead atoms.